The van der Waals surface area contributed by atoms with Crippen LogP contribution in [-0.4, -0.2) is 63.3 Å². The van der Waals surface area contributed by atoms with E-state index >= 15 is 0 Å². The van der Waals surface area contributed by atoms with Crippen molar-refractivity contribution in [1.29, 1.82) is 0 Å². The first-order chi connectivity index (χ1) is 9.29. The molecule has 3 atom stereocenters. The van der Waals surface area contributed by atoms with Gasteiger partial charge in [0.25, 0.3) is 0 Å². The number of carbonyl (C=O) groups excluding carboxylic acids is 3. The lowest BCUT2D eigenvalue weighted by Crippen LogP contribution is -2.52. The van der Waals surface area contributed by atoms with Crippen LogP contribution in [-0.2, 0) is 19.2 Å². The molecule has 1 fully saturated rings. The minimum Gasteiger partial charge on any atom is -0.480 e. The SMILES string of the molecule is NCC(C(N)=O)N1C(=O)CC(SCC(N)C(=O)O)C1=O. The first kappa shape index (κ1) is 16.4. The predicted molar refractivity (Wildman–Crippen MR) is 70.4 cm³/mol. The number of nitrogens with two attached hydrogens (primary N) is 3. The van der Waals surface area contributed by atoms with E-state index in [9.17, 15) is 19.2 Å². The topological polar surface area (TPSA) is 170 Å². The first-order valence-electron chi connectivity index (χ1n) is 5.74. The summed E-state index contributed by atoms with van der Waals surface area (Å²) in [6, 6.07) is -2.30. The molecule has 0 aromatic rings. The molecule has 112 valence electrons. The Morgan fingerprint density at radius 3 is 2.50 bits per heavy atom. The molecule has 3 amide bonds. The van der Waals surface area contributed by atoms with Crippen LogP contribution in [0.25, 0.3) is 0 Å². The van der Waals surface area contributed by atoms with Gasteiger partial charge in [-0.15, -0.1) is 11.8 Å². The Labute approximate surface area is 118 Å². The smallest absolute Gasteiger partial charge is 0.321 e. The number of rotatable bonds is 7. The summed E-state index contributed by atoms with van der Waals surface area (Å²) >= 11 is 0.965. The number of carboxylic acid groups (broad SMARTS) is 1. The van der Waals surface area contributed by atoms with Crippen LogP contribution in [0.1, 0.15) is 6.42 Å². The van der Waals surface area contributed by atoms with Crippen LogP contribution in [0.4, 0.5) is 0 Å². The van der Waals surface area contributed by atoms with Gasteiger partial charge in [-0.1, -0.05) is 0 Å². The van der Waals surface area contributed by atoms with Gasteiger partial charge in [-0.2, -0.15) is 0 Å². The molecule has 1 aliphatic heterocycles. The van der Waals surface area contributed by atoms with E-state index in [0.29, 0.717) is 0 Å². The zero-order valence-corrected chi connectivity index (χ0v) is 11.3. The van der Waals surface area contributed by atoms with Crippen LogP contribution in [0.5, 0.6) is 0 Å². The van der Waals surface area contributed by atoms with Crippen molar-refractivity contribution in [1.82, 2.24) is 4.90 Å². The van der Waals surface area contributed by atoms with E-state index in [-0.39, 0.29) is 18.7 Å². The van der Waals surface area contributed by atoms with Gasteiger partial charge in [0.2, 0.25) is 17.7 Å². The summed E-state index contributed by atoms with van der Waals surface area (Å²) in [5, 5.41) is 7.88. The lowest BCUT2D eigenvalue weighted by Gasteiger charge is -2.22. The third kappa shape index (κ3) is 3.46. The molecule has 0 saturated carbocycles. The number of carboxylic acids is 1. The molecule has 1 rings (SSSR count). The summed E-state index contributed by atoms with van der Waals surface area (Å²) in [5.74, 6) is -3.21. The fourth-order valence-electron chi connectivity index (χ4n) is 1.72. The highest BCUT2D eigenvalue weighted by molar-refractivity contribution is 8.00. The molecule has 0 bridgehead atoms. The normalized spacial score (nSPS) is 21.9. The molecule has 9 nitrogen and oxygen atoms in total. The van der Waals surface area contributed by atoms with Crippen molar-refractivity contribution in [3.63, 3.8) is 0 Å². The van der Waals surface area contributed by atoms with Crippen molar-refractivity contribution in [2.45, 2.75) is 23.8 Å². The molecule has 20 heavy (non-hydrogen) atoms. The fraction of sp³-hybridized carbons (Fsp3) is 0.600. The number of nitrogens with zero attached hydrogens (tertiary/aromatic N) is 1. The van der Waals surface area contributed by atoms with E-state index < -0.39 is 41.0 Å². The van der Waals surface area contributed by atoms with Crippen LogP contribution in [0.15, 0.2) is 0 Å². The van der Waals surface area contributed by atoms with E-state index in [4.69, 9.17) is 22.3 Å². The number of aliphatic carboxylic acids is 1. The number of likely N-dealkylation sites (tertiary alicyclic amines) is 1. The highest BCUT2D eigenvalue weighted by atomic mass is 32.2. The largest absolute Gasteiger partial charge is 0.480 e. The molecular formula is C10H16N4O5S. The lowest BCUT2D eigenvalue weighted by molar-refractivity contribution is -0.145. The van der Waals surface area contributed by atoms with Crippen LogP contribution >= 0.6 is 11.8 Å². The summed E-state index contributed by atoms with van der Waals surface area (Å²) in [4.78, 5) is 46.3. The maximum absolute atomic E-state index is 12.0. The second-order valence-electron chi connectivity index (χ2n) is 4.23. The Morgan fingerprint density at radius 1 is 1.45 bits per heavy atom. The zero-order valence-electron chi connectivity index (χ0n) is 10.5. The molecular weight excluding hydrogens is 288 g/mol. The van der Waals surface area contributed by atoms with Gasteiger partial charge >= 0.3 is 5.97 Å². The second kappa shape index (κ2) is 6.68. The quantitative estimate of drug-likeness (QED) is 0.362. The van der Waals surface area contributed by atoms with E-state index in [1.165, 1.54) is 0 Å². The van der Waals surface area contributed by atoms with Crippen molar-refractivity contribution < 1.29 is 24.3 Å². The van der Waals surface area contributed by atoms with Gasteiger partial charge in [0, 0.05) is 18.7 Å². The molecule has 3 unspecified atom stereocenters. The Balaban J connectivity index is 2.71. The maximum atomic E-state index is 12.0. The zero-order chi connectivity index (χ0) is 15.4. The Kier molecular flexibility index (Phi) is 5.48. The molecule has 0 aromatic carbocycles. The maximum Gasteiger partial charge on any atom is 0.321 e. The Morgan fingerprint density at radius 2 is 2.05 bits per heavy atom. The number of hydrogen-bond donors (Lipinski definition) is 4. The summed E-state index contributed by atoms with van der Waals surface area (Å²) in [6.07, 6.45) is -0.125. The molecule has 0 aliphatic carbocycles. The van der Waals surface area contributed by atoms with E-state index in [1.807, 2.05) is 0 Å². The van der Waals surface area contributed by atoms with Gasteiger partial charge in [0.15, 0.2) is 0 Å². The number of imide groups is 1. The van der Waals surface area contributed by atoms with Gasteiger partial charge in [0.1, 0.15) is 12.1 Å². The van der Waals surface area contributed by atoms with Crippen LogP contribution < -0.4 is 17.2 Å². The third-order valence-electron chi connectivity index (χ3n) is 2.80. The number of amides is 3. The molecule has 0 radical (unpaired) electrons. The minimum atomic E-state index is -1.19. The van der Waals surface area contributed by atoms with Crippen molar-refractivity contribution in [2.24, 2.45) is 17.2 Å². The number of thioether (sulfide) groups is 1. The first-order valence-corrected chi connectivity index (χ1v) is 6.79. The second-order valence-corrected chi connectivity index (χ2v) is 5.46. The van der Waals surface area contributed by atoms with Crippen LogP contribution in [0, 0.1) is 0 Å². The average molecular weight is 304 g/mol. The van der Waals surface area contributed by atoms with Gasteiger partial charge in [-0.05, 0) is 0 Å². The number of hydrogen-bond acceptors (Lipinski definition) is 7. The Hall–Kier alpha value is -1.65. The fourth-order valence-corrected chi connectivity index (χ4v) is 2.82. The minimum absolute atomic E-state index is 0.0171. The molecule has 1 aliphatic rings. The van der Waals surface area contributed by atoms with E-state index in [2.05, 4.69) is 0 Å². The van der Waals surface area contributed by atoms with E-state index in [1.54, 1.807) is 0 Å². The lowest BCUT2D eigenvalue weighted by atomic mass is 10.2. The van der Waals surface area contributed by atoms with Crippen molar-refractivity contribution in [3.8, 4) is 0 Å². The third-order valence-corrected chi connectivity index (χ3v) is 4.12. The van der Waals surface area contributed by atoms with Gasteiger partial charge in [-0.25, -0.2) is 0 Å². The van der Waals surface area contributed by atoms with Gasteiger partial charge in [0.05, 0.1) is 5.25 Å². The predicted octanol–water partition coefficient (Wildman–Crippen LogP) is -2.93. The average Bonchev–Trinajstić information content (AvgIpc) is 2.64. The summed E-state index contributed by atoms with van der Waals surface area (Å²) < 4.78 is 0. The van der Waals surface area contributed by atoms with Crippen LogP contribution in [0.2, 0.25) is 0 Å². The van der Waals surface area contributed by atoms with Gasteiger partial charge in [-0.3, -0.25) is 24.1 Å². The van der Waals surface area contributed by atoms with Crippen molar-refractivity contribution in [3.05, 3.63) is 0 Å². The van der Waals surface area contributed by atoms with Crippen molar-refractivity contribution in [2.75, 3.05) is 12.3 Å². The molecule has 0 aromatic heterocycles. The molecule has 10 heteroatoms. The monoisotopic (exact) mass is 304 g/mol. The summed E-state index contributed by atoms with van der Waals surface area (Å²) in [5.41, 5.74) is 15.7. The highest BCUT2D eigenvalue weighted by Gasteiger charge is 2.44. The number of carbonyl (C=O) groups is 4. The van der Waals surface area contributed by atoms with Gasteiger partial charge < -0.3 is 22.3 Å². The van der Waals surface area contributed by atoms with Crippen LogP contribution in [0.3, 0.4) is 0 Å². The molecule has 0 spiro atoms. The van der Waals surface area contributed by atoms with E-state index in [0.717, 1.165) is 16.7 Å². The molecule has 1 saturated heterocycles. The summed E-state index contributed by atoms with van der Waals surface area (Å²) in [7, 11) is 0. The van der Waals surface area contributed by atoms with Crippen molar-refractivity contribution >= 4 is 35.5 Å². The summed E-state index contributed by atoms with van der Waals surface area (Å²) in [6.45, 7) is -0.251. The molecule has 1 heterocycles. The molecule has 7 N–H and O–H groups in total. The number of primary amides is 1. The highest BCUT2D eigenvalue weighted by Crippen LogP contribution is 2.26. The Bertz CT molecular complexity index is 443. The standard InChI is InChI=1S/C10H16N4O5S/c11-2-5(8(13)16)14-7(15)1-6(9(14)17)20-3-4(12)10(18)19/h4-6H,1-3,11-12H2,(H2,13,16)(H,18,19).